The summed E-state index contributed by atoms with van der Waals surface area (Å²) in [6.45, 7) is 1.85. The number of unbranched alkanes of at least 4 members (excludes halogenated alkanes) is 5. The Morgan fingerprint density at radius 1 is 0.826 bits per heavy atom. The highest BCUT2D eigenvalue weighted by atomic mass is 16.4. The van der Waals surface area contributed by atoms with Gasteiger partial charge in [-0.15, -0.1) is 0 Å². The maximum absolute atomic E-state index is 10.3. The van der Waals surface area contributed by atoms with Crippen LogP contribution in [-0.2, 0) is 4.79 Å². The predicted molar refractivity (Wildman–Crippen MR) is 97.5 cm³/mol. The molecule has 0 radical (unpaired) electrons. The van der Waals surface area contributed by atoms with E-state index in [1.807, 2.05) is 6.92 Å². The number of hydrogen-bond acceptors (Lipinski definition) is 2. The Kier molecular flexibility index (Phi) is 16.0. The molecule has 0 aliphatic heterocycles. The maximum atomic E-state index is 10.3. The molecule has 3 nitrogen and oxygen atoms in total. The van der Waals surface area contributed by atoms with Gasteiger partial charge in [0.05, 0.1) is 6.10 Å². The first-order valence-electron chi connectivity index (χ1n) is 8.97. The van der Waals surface area contributed by atoms with Gasteiger partial charge in [-0.1, -0.05) is 55.7 Å². The van der Waals surface area contributed by atoms with Crippen molar-refractivity contribution in [3.05, 3.63) is 36.5 Å². The number of aliphatic carboxylic acids is 1. The van der Waals surface area contributed by atoms with Crippen LogP contribution >= 0.6 is 0 Å². The molecule has 0 aromatic heterocycles. The van der Waals surface area contributed by atoms with Crippen molar-refractivity contribution in [3.63, 3.8) is 0 Å². The largest absolute Gasteiger partial charge is 0.481 e. The van der Waals surface area contributed by atoms with Gasteiger partial charge in [0.2, 0.25) is 0 Å². The standard InChI is InChI=1S/C20H34O3/c1-19(21)17-15-13-11-9-7-5-3-2-4-6-8-10-12-14-16-18-20(22)23/h3-6,10,12,19,21H,2,7-9,11,13-18H2,1H3,(H,22,23). The molecule has 0 aromatic rings. The first kappa shape index (κ1) is 21.6. The molecule has 0 aliphatic rings. The second-order valence-electron chi connectivity index (χ2n) is 6.01. The number of allylic oxidation sites excluding steroid dienone is 6. The summed E-state index contributed by atoms with van der Waals surface area (Å²) in [5.41, 5.74) is 0. The summed E-state index contributed by atoms with van der Waals surface area (Å²) in [4.78, 5) is 10.3. The molecule has 0 saturated carbocycles. The second kappa shape index (κ2) is 17.0. The predicted octanol–water partition coefficient (Wildman–Crippen LogP) is 5.41. The zero-order valence-corrected chi connectivity index (χ0v) is 14.6. The van der Waals surface area contributed by atoms with Gasteiger partial charge in [-0.05, 0) is 51.9 Å². The summed E-state index contributed by atoms with van der Waals surface area (Å²) in [5.74, 6) is -0.718. The van der Waals surface area contributed by atoms with E-state index in [2.05, 4.69) is 36.5 Å². The van der Waals surface area contributed by atoms with Crippen molar-refractivity contribution in [3.8, 4) is 0 Å². The Hall–Kier alpha value is -1.35. The minimum absolute atomic E-state index is 0.152. The molecule has 0 fully saturated rings. The number of aliphatic hydroxyl groups excluding tert-OH is 1. The molecule has 3 heteroatoms. The lowest BCUT2D eigenvalue weighted by Crippen LogP contribution is -1.97. The Morgan fingerprint density at radius 2 is 1.35 bits per heavy atom. The number of carboxylic acid groups (broad SMARTS) is 1. The van der Waals surface area contributed by atoms with Crippen LogP contribution < -0.4 is 0 Å². The molecule has 1 atom stereocenters. The molecular formula is C20H34O3. The topological polar surface area (TPSA) is 57.5 Å². The van der Waals surface area contributed by atoms with Gasteiger partial charge in [0.15, 0.2) is 0 Å². The first-order valence-corrected chi connectivity index (χ1v) is 8.97. The highest BCUT2D eigenvalue weighted by Crippen LogP contribution is 2.07. The normalized spacial score (nSPS) is 13.5. The quantitative estimate of drug-likeness (QED) is 0.313. The average molecular weight is 322 g/mol. The third kappa shape index (κ3) is 20.6. The van der Waals surface area contributed by atoms with Crippen molar-refractivity contribution in [1.82, 2.24) is 0 Å². The summed E-state index contributed by atoms with van der Waals surface area (Å²) in [5, 5.41) is 17.6. The number of rotatable bonds is 15. The van der Waals surface area contributed by atoms with Crippen LogP contribution in [0, 0.1) is 0 Å². The number of carboxylic acids is 1. The zero-order valence-electron chi connectivity index (χ0n) is 14.6. The summed E-state index contributed by atoms with van der Waals surface area (Å²) >= 11 is 0. The molecule has 23 heavy (non-hydrogen) atoms. The van der Waals surface area contributed by atoms with E-state index in [1.54, 1.807) is 0 Å². The van der Waals surface area contributed by atoms with E-state index >= 15 is 0 Å². The van der Waals surface area contributed by atoms with Gasteiger partial charge in [0.1, 0.15) is 0 Å². The van der Waals surface area contributed by atoms with Crippen molar-refractivity contribution in [2.45, 2.75) is 83.7 Å². The molecule has 0 aromatic carbocycles. The minimum atomic E-state index is -0.718. The highest BCUT2D eigenvalue weighted by molar-refractivity contribution is 5.66. The zero-order chi connectivity index (χ0) is 17.2. The van der Waals surface area contributed by atoms with E-state index < -0.39 is 5.97 Å². The van der Waals surface area contributed by atoms with Crippen LogP contribution in [0.25, 0.3) is 0 Å². The summed E-state index contributed by atoms with van der Waals surface area (Å²) in [7, 11) is 0. The molecule has 0 rings (SSSR count). The Balaban J connectivity index is 3.32. The molecule has 0 amide bonds. The SMILES string of the molecule is CC(O)CCCCCCC=CCC=CCC=CCCCC(=O)O. The molecule has 2 N–H and O–H groups in total. The number of hydrogen-bond donors (Lipinski definition) is 2. The average Bonchev–Trinajstić information content (AvgIpc) is 2.49. The van der Waals surface area contributed by atoms with Gasteiger partial charge in [0, 0.05) is 6.42 Å². The van der Waals surface area contributed by atoms with Crippen LogP contribution in [0.3, 0.4) is 0 Å². The summed E-state index contributed by atoms with van der Waals surface area (Å²) in [6.07, 6.45) is 23.4. The second-order valence-corrected chi connectivity index (χ2v) is 6.01. The third-order valence-electron chi connectivity index (χ3n) is 3.55. The summed E-state index contributed by atoms with van der Waals surface area (Å²) < 4.78 is 0. The monoisotopic (exact) mass is 322 g/mol. The van der Waals surface area contributed by atoms with Crippen LogP contribution in [0.4, 0.5) is 0 Å². The summed E-state index contributed by atoms with van der Waals surface area (Å²) in [6, 6.07) is 0. The highest BCUT2D eigenvalue weighted by Gasteiger charge is 1.94. The Bertz CT molecular complexity index is 354. The van der Waals surface area contributed by atoms with Crippen LogP contribution in [0.15, 0.2) is 36.5 Å². The van der Waals surface area contributed by atoms with Gasteiger partial charge < -0.3 is 10.2 Å². The fraction of sp³-hybridized carbons (Fsp3) is 0.650. The van der Waals surface area contributed by atoms with Gasteiger partial charge >= 0.3 is 5.97 Å². The number of carbonyl (C=O) groups is 1. The lowest BCUT2D eigenvalue weighted by atomic mass is 10.1. The van der Waals surface area contributed by atoms with Crippen LogP contribution in [-0.4, -0.2) is 22.3 Å². The van der Waals surface area contributed by atoms with E-state index in [0.29, 0.717) is 0 Å². The van der Waals surface area contributed by atoms with Crippen LogP contribution in [0.1, 0.15) is 77.6 Å². The molecule has 0 bridgehead atoms. The third-order valence-corrected chi connectivity index (χ3v) is 3.55. The molecule has 132 valence electrons. The van der Waals surface area contributed by atoms with E-state index in [0.717, 1.165) is 44.9 Å². The van der Waals surface area contributed by atoms with Crippen molar-refractivity contribution in [1.29, 1.82) is 0 Å². The first-order chi connectivity index (χ1) is 11.1. The van der Waals surface area contributed by atoms with E-state index in [1.165, 1.54) is 19.3 Å². The molecule has 0 aliphatic carbocycles. The molecule has 0 heterocycles. The van der Waals surface area contributed by atoms with E-state index in [-0.39, 0.29) is 12.5 Å². The van der Waals surface area contributed by atoms with Crippen LogP contribution in [0.5, 0.6) is 0 Å². The molecule has 0 spiro atoms. The van der Waals surface area contributed by atoms with Gasteiger partial charge in [0.25, 0.3) is 0 Å². The molecule has 1 unspecified atom stereocenters. The van der Waals surface area contributed by atoms with Crippen molar-refractivity contribution in [2.24, 2.45) is 0 Å². The van der Waals surface area contributed by atoms with Gasteiger partial charge in [-0.2, -0.15) is 0 Å². The maximum Gasteiger partial charge on any atom is 0.303 e. The number of aliphatic hydroxyl groups is 1. The van der Waals surface area contributed by atoms with E-state index in [4.69, 9.17) is 10.2 Å². The fourth-order valence-corrected chi connectivity index (χ4v) is 2.20. The Labute approximate surface area is 141 Å². The van der Waals surface area contributed by atoms with Crippen molar-refractivity contribution < 1.29 is 15.0 Å². The molecule has 0 saturated heterocycles. The van der Waals surface area contributed by atoms with Crippen molar-refractivity contribution in [2.75, 3.05) is 0 Å². The lowest BCUT2D eigenvalue weighted by Gasteiger charge is -2.02. The van der Waals surface area contributed by atoms with Crippen molar-refractivity contribution >= 4 is 5.97 Å². The van der Waals surface area contributed by atoms with Crippen LogP contribution in [0.2, 0.25) is 0 Å². The van der Waals surface area contributed by atoms with E-state index in [9.17, 15) is 4.79 Å². The van der Waals surface area contributed by atoms with Gasteiger partial charge in [-0.3, -0.25) is 4.79 Å². The molecular weight excluding hydrogens is 288 g/mol. The van der Waals surface area contributed by atoms with Gasteiger partial charge in [-0.25, -0.2) is 0 Å². The minimum Gasteiger partial charge on any atom is -0.481 e. The lowest BCUT2D eigenvalue weighted by molar-refractivity contribution is -0.137. The smallest absolute Gasteiger partial charge is 0.303 e. The Morgan fingerprint density at radius 3 is 1.91 bits per heavy atom. The fourth-order valence-electron chi connectivity index (χ4n) is 2.20.